The molecule has 0 unspecified atom stereocenters. The summed E-state index contributed by atoms with van der Waals surface area (Å²) in [5, 5.41) is 5.69. The largest absolute Gasteiger partial charge is 0.496 e. The second kappa shape index (κ2) is 7.99. The number of ether oxygens (including phenoxy) is 1. The summed E-state index contributed by atoms with van der Waals surface area (Å²) in [4.78, 5) is 11.8. The highest BCUT2D eigenvalue weighted by Gasteiger charge is 2.03. The molecule has 0 radical (unpaired) electrons. The van der Waals surface area contributed by atoms with Crippen molar-refractivity contribution in [3.8, 4) is 5.75 Å². The van der Waals surface area contributed by atoms with Gasteiger partial charge < -0.3 is 14.5 Å². The van der Waals surface area contributed by atoms with E-state index in [0.717, 1.165) is 11.3 Å². The smallest absolute Gasteiger partial charge is 0.250 e. The fourth-order valence-electron chi connectivity index (χ4n) is 1.75. The van der Waals surface area contributed by atoms with E-state index in [1.54, 1.807) is 25.5 Å². The number of hydrogen-bond acceptors (Lipinski definition) is 4. The Hall–Kier alpha value is -2.60. The van der Waals surface area contributed by atoms with Gasteiger partial charge in [-0.15, -0.1) is 0 Å². The van der Waals surface area contributed by atoms with E-state index >= 15 is 0 Å². The molecule has 0 aliphatic heterocycles. The van der Waals surface area contributed by atoms with Gasteiger partial charge in [0.2, 0.25) is 5.91 Å². The van der Waals surface area contributed by atoms with Gasteiger partial charge in [-0.3, -0.25) is 10.1 Å². The number of furan rings is 1. The summed E-state index contributed by atoms with van der Waals surface area (Å²) < 4.78 is 10.4. The molecule has 6 heteroatoms. The maximum atomic E-state index is 11.8. The number of para-hydroxylation sites is 1. The summed E-state index contributed by atoms with van der Waals surface area (Å²) in [6.45, 7) is 0.419. The molecule has 0 saturated heterocycles. The van der Waals surface area contributed by atoms with E-state index in [-0.39, 0.29) is 11.0 Å². The van der Waals surface area contributed by atoms with Gasteiger partial charge in [0.25, 0.3) is 0 Å². The monoisotopic (exact) mass is 316 g/mol. The van der Waals surface area contributed by atoms with Crippen LogP contribution in [0, 0.1) is 0 Å². The van der Waals surface area contributed by atoms with Gasteiger partial charge in [0.15, 0.2) is 5.11 Å². The quantitative estimate of drug-likeness (QED) is 0.655. The van der Waals surface area contributed by atoms with Crippen LogP contribution in [0.4, 0.5) is 0 Å². The molecule has 0 aliphatic carbocycles. The Kier molecular flexibility index (Phi) is 5.73. The standard InChI is InChI=1S/C16H16N2O3S/c1-20-14-7-3-2-5-12(14)8-9-15(19)18-16(22)17-11-13-6-4-10-21-13/h2-10H,11H2,1H3,(H2,17,18,19,22)/b9-8+. The van der Waals surface area contributed by atoms with Crippen LogP contribution in [0.3, 0.4) is 0 Å². The Morgan fingerprint density at radius 2 is 2.14 bits per heavy atom. The van der Waals surface area contributed by atoms with Crippen LogP contribution >= 0.6 is 12.2 Å². The van der Waals surface area contributed by atoms with Crippen molar-refractivity contribution in [2.24, 2.45) is 0 Å². The maximum absolute atomic E-state index is 11.8. The Labute approximate surface area is 134 Å². The highest BCUT2D eigenvalue weighted by atomic mass is 32.1. The number of methoxy groups -OCH3 is 1. The van der Waals surface area contributed by atoms with Crippen molar-refractivity contribution >= 4 is 29.3 Å². The van der Waals surface area contributed by atoms with Crippen LogP contribution < -0.4 is 15.4 Å². The molecule has 0 saturated carbocycles. The lowest BCUT2D eigenvalue weighted by Crippen LogP contribution is -2.37. The average molecular weight is 316 g/mol. The van der Waals surface area contributed by atoms with Crippen LogP contribution in [-0.2, 0) is 11.3 Å². The van der Waals surface area contributed by atoms with Gasteiger partial charge in [-0.1, -0.05) is 18.2 Å². The number of hydrogen-bond donors (Lipinski definition) is 2. The summed E-state index contributed by atoms with van der Waals surface area (Å²) in [6.07, 6.45) is 4.65. The van der Waals surface area contributed by atoms with Crippen LogP contribution in [0.2, 0.25) is 0 Å². The van der Waals surface area contributed by atoms with Crippen LogP contribution in [0.5, 0.6) is 5.75 Å². The number of carbonyl (C=O) groups is 1. The fourth-order valence-corrected chi connectivity index (χ4v) is 1.92. The minimum Gasteiger partial charge on any atom is -0.496 e. The first-order chi connectivity index (χ1) is 10.7. The Bertz CT molecular complexity index is 666. The van der Waals surface area contributed by atoms with Crippen LogP contribution in [-0.4, -0.2) is 18.1 Å². The molecule has 2 rings (SSSR count). The zero-order valence-electron chi connectivity index (χ0n) is 12.0. The zero-order valence-corrected chi connectivity index (χ0v) is 12.9. The van der Waals surface area contributed by atoms with Crippen LogP contribution in [0.15, 0.2) is 53.2 Å². The lowest BCUT2D eigenvalue weighted by Gasteiger charge is -2.06. The molecule has 0 aliphatic rings. The minimum atomic E-state index is -0.317. The second-order valence-corrected chi connectivity index (χ2v) is 4.73. The van der Waals surface area contributed by atoms with E-state index < -0.39 is 0 Å². The molecule has 114 valence electrons. The molecular formula is C16H16N2O3S. The maximum Gasteiger partial charge on any atom is 0.250 e. The number of amides is 1. The fraction of sp³-hybridized carbons (Fsp3) is 0.125. The number of rotatable bonds is 5. The van der Waals surface area contributed by atoms with Crippen molar-refractivity contribution in [1.29, 1.82) is 0 Å². The third-order valence-electron chi connectivity index (χ3n) is 2.79. The molecule has 0 fully saturated rings. The lowest BCUT2D eigenvalue weighted by atomic mass is 10.2. The molecule has 1 amide bonds. The summed E-state index contributed by atoms with van der Waals surface area (Å²) >= 11 is 5.04. The Balaban J connectivity index is 1.84. The van der Waals surface area contributed by atoms with Gasteiger partial charge in [-0.25, -0.2) is 0 Å². The number of nitrogens with one attached hydrogen (secondary N) is 2. The molecule has 0 bridgehead atoms. The predicted molar refractivity (Wildman–Crippen MR) is 88.3 cm³/mol. The van der Waals surface area contributed by atoms with E-state index in [1.807, 2.05) is 30.3 Å². The summed E-state index contributed by atoms with van der Waals surface area (Å²) in [5.41, 5.74) is 0.814. The first-order valence-corrected chi connectivity index (χ1v) is 7.02. The van der Waals surface area contributed by atoms with Gasteiger partial charge in [-0.05, 0) is 36.5 Å². The summed E-state index contributed by atoms with van der Waals surface area (Å²) in [5.74, 6) is 1.12. The van der Waals surface area contributed by atoms with Gasteiger partial charge in [0, 0.05) is 11.6 Å². The van der Waals surface area contributed by atoms with Crippen molar-refractivity contribution in [3.05, 3.63) is 60.1 Å². The molecule has 0 atom stereocenters. The topological polar surface area (TPSA) is 63.5 Å². The molecule has 0 spiro atoms. The van der Waals surface area contributed by atoms with E-state index in [1.165, 1.54) is 6.08 Å². The molecular weight excluding hydrogens is 300 g/mol. The van der Waals surface area contributed by atoms with Crippen LogP contribution in [0.25, 0.3) is 6.08 Å². The SMILES string of the molecule is COc1ccccc1/C=C/C(=O)NC(=S)NCc1ccco1. The first kappa shape index (κ1) is 15.8. The van der Waals surface area contributed by atoms with E-state index in [2.05, 4.69) is 10.6 Å². The first-order valence-electron chi connectivity index (χ1n) is 6.61. The van der Waals surface area contributed by atoms with Gasteiger partial charge in [0.1, 0.15) is 11.5 Å². The average Bonchev–Trinajstić information content (AvgIpc) is 3.04. The molecule has 1 aromatic heterocycles. The minimum absolute atomic E-state index is 0.242. The van der Waals surface area contributed by atoms with Crippen molar-refractivity contribution in [1.82, 2.24) is 10.6 Å². The summed E-state index contributed by atoms with van der Waals surface area (Å²) in [7, 11) is 1.58. The van der Waals surface area contributed by atoms with Crippen molar-refractivity contribution in [3.63, 3.8) is 0 Å². The van der Waals surface area contributed by atoms with Crippen molar-refractivity contribution in [2.45, 2.75) is 6.54 Å². The van der Waals surface area contributed by atoms with E-state index in [9.17, 15) is 4.79 Å². The normalized spacial score (nSPS) is 10.4. The van der Waals surface area contributed by atoms with E-state index in [4.69, 9.17) is 21.4 Å². The Morgan fingerprint density at radius 1 is 1.32 bits per heavy atom. The Morgan fingerprint density at radius 3 is 2.86 bits per heavy atom. The zero-order chi connectivity index (χ0) is 15.8. The third kappa shape index (κ3) is 4.75. The van der Waals surface area contributed by atoms with E-state index in [0.29, 0.717) is 12.3 Å². The van der Waals surface area contributed by atoms with Gasteiger partial charge in [0.05, 0.1) is 19.9 Å². The number of thiocarbonyl (C=S) groups is 1. The summed E-state index contributed by atoms with van der Waals surface area (Å²) in [6, 6.07) is 11.0. The number of carbonyl (C=O) groups excluding carboxylic acids is 1. The highest BCUT2D eigenvalue weighted by molar-refractivity contribution is 7.80. The molecule has 22 heavy (non-hydrogen) atoms. The second-order valence-electron chi connectivity index (χ2n) is 4.33. The van der Waals surface area contributed by atoms with Gasteiger partial charge in [-0.2, -0.15) is 0 Å². The molecule has 2 N–H and O–H groups in total. The molecule has 1 heterocycles. The molecule has 1 aromatic carbocycles. The molecule has 5 nitrogen and oxygen atoms in total. The van der Waals surface area contributed by atoms with Crippen molar-refractivity contribution in [2.75, 3.05) is 7.11 Å². The van der Waals surface area contributed by atoms with Crippen molar-refractivity contribution < 1.29 is 13.9 Å². The lowest BCUT2D eigenvalue weighted by molar-refractivity contribution is -0.115. The molecule has 2 aromatic rings. The number of benzene rings is 1. The predicted octanol–water partition coefficient (Wildman–Crippen LogP) is 2.49. The van der Waals surface area contributed by atoms with Crippen LogP contribution in [0.1, 0.15) is 11.3 Å². The highest BCUT2D eigenvalue weighted by Crippen LogP contribution is 2.18. The van der Waals surface area contributed by atoms with Gasteiger partial charge >= 0.3 is 0 Å². The third-order valence-corrected chi connectivity index (χ3v) is 3.04.